The zero-order chi connectivity index (χ0) is 10.8. The molecule has 3 atom stereocenters. The number of hydrogen-bond acceptors (Lipinski definition) is 4. The number of rotatable bonds is 5. The van der Waals surface area contributed by atoms with Gasteiger partial charge in [-0.05, 0) is 19.3 Å². The molecule has 1 fully saturated rings. The third-order valence-electron chi connectivity index (χ3n) is 2.78. The summed E-state index contributed by atoms with van der Waals surface area (Å²) >= 11 is 0. The standard InChI is InChI=1S/C10H19NO3/c1-4-7-5-8(7)11-6-10(2,13)9(12)14-3/h7-8,11,13H,4-6H2,1-3H3. The average Bonchev–Trinajstić information content (AvgIpc) is 2.92. The highest BCUT2D eigenvalue weighted by molar-refractivity contribution is 5.78. The average molecular weight is 201 g/mol. The Labute approximate surface area is 84.6 Å². The zero-order valence-electron chi connectivity index (χ0n) is 9.04. The highest BCUT2D eigenvalue weighted by Gasteiger charge is 2.38. The van der Waals surface area contributed by atoms with Crippen molar-refractivity contribution in [2.45, 2.75) is 38.3 Å². The molecule has 0 spiro atoms. The first-order valence-electron chi connectivity index (χ1n) is 5.05. The number of esters is 1. The van der Waals surface area contributed by atoms with Crippen molar-refractivity contribution in [1.82, 2.24) is 5.32 Å². The second-order valence-electron chi connectivity index (χ2n) is 4.16. The number of aliphatic hydroxyl groups is 1. The molecule has 1 aliphatic carbocycles. The lowest BCUT2D eigenvalue weighted by atomic mass is 10.1. The Balaban J connectivity index is 2.26. The SMILES string of the molecule is CCC1CC1NCC(C)(O)C(=O)OC. The van der Waals surface area contributed by atoms with Crippen LogP contribution < -0.4 is 5.32 Å². The van der Waals surface area contributed by atoms with Crippen LogP contribution in [-0.4, -0.2) is 36.4 Å². The van der Waals surface area contributed by atoms with E-state index in [0.717, 1.165) is 12.8 Å². The lowest BCUT2D eigenvalue weighted by molar-refractivity contribution is -0.159. The Kier molecular flexibility index (Phi) is 3.50. The van der Waals surface area contributed by atoms with Crippen LogP contribution in [0, 0.1) is 5.92 Å². The van der Waals surface area contributed by atoms with Crippen molar-refractivity contribution >= 4 is 5.97 Å². The van der Waals surface area contributed by atoms with Crippen LogP contribution in [0.25, 0.3) is 0 Å². The van der Waals surface area contributed by atoms with Gasteiger partial charge in [-0.1, -0.05) is 13.3 Å². The number of methoxy groups -OCH3 is 1. The highest BCUT2D eigenvalue weighted by atomic mass is 16.5. The molecule has 14 heavy (non-hydrogen) atoms. The van der Waals surface area contributed by atoms with Crippen LogP contribution in [0.4, 0.5) is 0 Å². The largest absolute Gasteiger partial charge is 0.467 e. The quantitative estimate of drug-likeness (QED) is 0.628. The highest BCUT2D eigenvalue weighted by Crippen LogP contribution is 2.33. The van der Waals surface area contributed by atoms with Crippen molar-refractivity contribution in [3.63, 3.8) is 0 Å². The lowest BCUT2D eigenvalue weighted by Crippen LogP contribution is -2.46. The molecule has 1 saturated carbocycles. The van der Waals surface area contributed by atoms with Gasteiger partial charge in [-0.2, -0.15) is 0 Å². The molecule has 0 amide bonds. The van der Waals surface area contributed by atoms with Crippen LogP contribution in [0.2, 0.25) is 0 Å². The van der Waals surface area contributed by atoms with E-state index in [-0.39, 0.29) is 6.54 Å². The van der Waals surface area contributed by atoms with Crippen molar-refractivity contribution in [3.05, 3.63) is 0 Å². The summed E-state index contributed by atoms with van der Waals surface area (Å²) in [6, 6.07) is 0.469. The molecule has 4 nitrogen and oxygen atoms in total. The van der Waals surface area contributed by atoms with Crippen molar-refractivity contribution in [1.29, 1.82) is 0 Å². The second-order valence-corrected chi connectivity index (χ2v) is 4.16. The van der Waals surface area contributed by atoms with E-state index < -0.39 is 11.6 Å². The fourth-order valence-corrected chi connectivity index (χ4v) is 1.57. The van der Waals surface area contributed by atoms with Crippen molar-refractivity contribution in [2.24, 2.45) is 5.92 Å². The maximum Gasteiger partial charge on any atom is 0.338 e. The summed E-state index contributed by atoms with van der Waals surface area (Å²) in [6.45, 7) is 3.88. The van der Waals surface area contributed by atoms with Crippen molar-refractivity contribution < 1.29 is 14.6 Å². The Bertz CT molecular complexity index is 215. The van der Waals surface area contributed by atoms with Gasteiger partial charge in [0.1, 0.15) is 0 Å². The summed E-state index contributed by atoms with van der Waals surface area (Å²) in [6.07, 6.45) is 2.30. The van der Waals surface area contributed by atoms with Gasteiger partial charge >= 0.3 is 5.97 Å². The summed E-state index contributed by atoms with van der Waals surface area (Å²) in [5, 5.41) is 12.8. The topological polar surface area (TPSA) is 58.6 Å². The van der Waals surface area contributed by atoms with Crippen LogP contribution in [0.1, 0.15) is 26.7 Å². The van der Waals surface area contributed by atoms with Gasteiger partial charge in [-0.15, -0.1) is 0 Å². The fraction of sp³-hybridized carbons (Fsp3) is 0.900. The first kappa shape index (κ1) is 11.5. The van der Waals surface area contributed by atoms with Gasteiger partial charge < -0.3 is 15.2 Å². The Morgan fingerprint density at radius 1 is 1.71 bits per heavy atom. The maximum atomic E-state index is 11.1. The molecule has 0 aromatic rings. The molecule has 0 radical (unpaired) electrons. The normalized spacial score (nSPS) is 29.4. The fourth-order valence-electron chi connectivity index (χ4n) is 1.57. The van der Waals surface area contributed by atoms with Crippen LogP contribution in [0.3, 0.4) is 0 Å². The predicted molar refractivity (Wildman–Crippen MR) is 52.8 cm³/mol. The minimum absolute atomic E-state index is 0.265. The summed E-state index contributed by atoms with van der Waals surface area (Å²) in [7, 11) is 1.28. The molecule has 0 aliphatic heterocycles. The van der Waals surface area contributed by atoms with E-state index in [1.54, 1.807) is 0 Å². The first-order chi connectivity index (χ1) is 6.51. The van der Waals surface area contributed by atoms with Gasteiger partial charge in [0.05, 0.1) is 7.11 Å². The summed E-state index contributed by atoms with van der Waals surface area (Å²) in [5.74, 6) is 0.127. The molecule has 1 aliphatic rings. The summed E-state index contributed by atoms with van der Waals surface area (Å²) in [5.41, 5.74) is -1.41. The number of nitrogens with one attached hydrogen (secondary N) is 1. The van der Waals surface area contributed by atoms with Gasteiger partial charge in [0.15, 0.2) is 5.60 Å². The van der Waals surface area contributed by atoms with Gasteiger partial charge in [0.25, 0.3) is 0 Å². The van der Waals surface area contributed by atoms with Crippen molar-refractivity contribution in [2.75, 3.05) is 13.7 Å². The summed E-state index contributed by atoms with van der Waals surface area (Å²) in [4.78, 5) is 11.1. The summed E-state index contributed by atoms with van der Waals surface area (Å²) < 4.78 is 4.49. The second kappa shape index (κ2) is 4.28. The molecule has 0 heterocycles. The third kappa shape index (κ3) is 2.69. The molecule has 3 unspecified atom stereocenters. The molecule has 0 aromatic heterocycles. The smallest absolute Gasteiger partial charge is 0.338 e. The van der Waals surface area contributed by atoms with Gasteiger partial charge in [0, 0.05) is 12.6 Å². The molecule has 4 heteroatoms. The van der Waals surface area contributed by atoms with E-state index in [9.17, 15) is 9.90 Å². The third-order valence-corrected chi connectivity index (χ3v) is 2.78. The van der Waals surface area contributed by atoms with Crippen LogP contribution in [0.15, 0.2) is 0 Å². The molecule has 82 valence electrons. The molecule has 0 aromatic carbocycles. The van der Waals surface area contributed by atoms with E-state index in [1.165, 1.54) is 14.0 Å². The Morgan fingerprint density at radius 3 is 2.79 bits per heavy atom. The monoisotopic (exact) mass is 201 g/mol. The molecular weight excluding hydrogens is 182 g/mol. The van der Waals surface area contributed by atoms with E-state index in [0.29, 0.717) is 12.0 Å². The van der Waals surface area contributed by atoms with Gasteiger partial charge in [-0.25, -0.2) is 4.79 Å². The van der Waals surface area contributed by atoms with E-state index in [2.05, 4.69) is 17.0 Å². The molecule has 2 N–H and O–H groups in total. The lowest BCUT2D eigenvalue weighted by Gasteiger charge is -2.20. The number of carbonyl (C=O) groups excluding carboxylic acids is 1. The minimum atomic E-state index is -1.41. The molecule has 1 rings (SSSR count). The van der Waals surface area contributed by atoms with Crippen LogP contribution in [0.5, 0.6) is 0 Å². The van der Waals surface area contributed by atoms with E-state index in [4.69, 9.17) is 0 Å². The Morgan fingerprint density at radius 2 is 2.36 bits per heavy atom. The van der Waals surface area contributed by atoms with Crippen molar-refractivity contribution in [3.8, 4) is 0 Å². The van der Waals surface area contributed by atoms with Crippen LogP contribution in [-0.2, 0) is 9.53 Å². The van der Waals surface area contributed by atoms with Gasteiger partial charge in [0.2, 0.25) is 0 Å². The van der Waals surface area contributed by atoms with E-state index >= 15 is 0 Å². The van der Waals surface area contributed by atoms with Crippen LogP contribution >= 0.6 is 0 Å². The molecule has 0 bridgehead atoms. The predicted octanol–water partition coefficient (Wildman–Crippen LogP) is 0.298. The minimum Gasteiger partial charge on any atom is -0.467 e. The molecule has 0 saturated heterocycles. The number of carbonyl (C=O) groups is 1. The Hall–Kier alpha value is -0.610. The van der Waals surface area contributed by atoms with E-state index in [1.807, 2.05) is 0 Å². The number of ether oxygens (including phenoxy) is 1. The molecular formula is C10H19NO3. The zero-order valence-corrected chi connectivity index (χ0v) is 9.04. The van der Waals surface area contributed by atoms with Gasteiger partial charge in [-0.3, -0.25) is 0 Å². The maximum absolute atomic E-state index is 11.1. The first-order valence-corrected chi connectivity index (χ1v) is 5.05. The number of hydrogen-bond donors (Lipinski definition) is 2.